The number of nitrogens with one attached hydrogen (secondary N) is 1. The van der Waals surface area contributed by atoms with Crippen molar-refractivity contribution in [1.29, 1.82) is 0 Å². The highest BCUT2D eigenvalue weighted by atomic mass is 16.2. The number of urea groups is 1. The quantitative estimate of drug-likeness (QED) is 0.834. The van der Waals surface area contributed by atoms with Gasteiger partial charge >= 0.3 is 6.03 Å². The van der Waals surface area contributed by atoms with Crippen molar-refractivity contribution in [3.8, 4) is 0 Å². The number of carbonyl (C=O) groups excluding carboxylic acids is 2. The Labute approximate surface area is 134 Å². The number of hydrogen-bond acceptors (Lipinski definition) is 3. The summed E-state index contributed by atoms with van der Waals surface area (Å²) in [5, 5.41) is 2.97. The minimum atomic E-state index is -0.228. The van der Waals surface area contributed by atoms with Gasteiger partial charge in [-0.3, -0.25) is 4.79 Å². The Hall–Kier alpha value is -1.30. The fraction of sp³-hybridized carbons (Fsp3) is 0.875. The van der Waals surface area contributed by atoms with Crippen LogP contribution in [0.3, 0.4) is 0 Å². The van der Waals surface area contributed by atoms with Crippen LogP contribution in [-0.2, 0) is 4.79 Å². The van der Waals surface area contributed by atoms with Gasteiger partial charge in [-0.25, -0.2) is 4.79 Å². The van der Waals surface area contributed by atoms with Gasteiger partial charge in [0.15, 0.2) is 0 Å². The van der Waals surface area contributed by atoms with Gasteiger partial charge in [-0.05, 0) is 33.9 Å². The van der Waals surface area contributed by atoms with Crippen molar-refractivity contribution in [1.82, 2.24) is 20.0 Å². The smallest absolute Gasteiger partial charge is 0.317 e. The molecule has 0 aliphatic carbocycles. The van der Waals surface area contributed by atoms with E-state index in [1.54, 1.807) is 4.90 Å². The summed E-state index contributed by atoms with van der Waals surface area (Å²) in [4.78, 5) is 30.2. The Morgan fingerprint density at radius 2 is 1.50 bits per heavy atom. The van der Waals surface area contributed by atoms with Crippen molar-refractivity contribution >= 4 is 11.9 Å². The first-order valence-corrected chi connectivity index (χ1v) is 8.34. The van der Waals surface area contributed by atoms with Crippen LogP contribution >= 0.6 is 0 Å². The fourth-order valence-electron chi connectivity index (χ4n) is 2.51. The van der Waals surface area contributed by atoms with Gasteiger partial charge in [-0.1, -0.05) is 13.8 Å². The SMILES string of the molecule is CCN(CC)CCC(=O)N1CCN(C(=O)NC(C)(C)C)CC1. The third-order valence-electron chi connectivity index (χ3n) is 3.94. The molecule has 1 aliphatic rings. The van der Waals surface area contributed by atoms with Crippen molar-refractivity contribution < 1.29 is 9.59 Å². The lowest BCUT2D eigenvalue weighted by Crippen LogP contribution is -2.56. The summed E-state index contributed by atoms with van der Waals surface area (Å²) in [5.41, 5.74) is -0.228. The maximum atomic E-state index is 12.2. The van der Waals surface area contributed by atoms with Gasteiger partial charge in [0.1, 0.15) is 0 Å². The van der Waals surface area contributed by atoms with E-state index >= 15 is 0 Å². The molecule has 0 aromatic rings. The molecular formula is C16H32N4O2. The van der Waals surface area contributed by atoms with Crippen LogP contribution in [0, 0.1) is 0 Å². The molecule has 1 rings (SSSR count). The lowest BCUT2D eigenvalue weighted by atomic mass is 10.1. The monoisotopic (exact) mass is 312 g/mol. The van der Waals surface area contributed by atoms with Crippen LogP contribution < -0.4 is 5.32 Å². The number of carbonyl (C=O) groups is 2. The normalized spacial score (nSPS) is 16.1. The number of rotatable bonds is 5. The summed E-state index contributed by atoms with van der Waals surface area (Å²) in [6, 6.07) is -0.0391. The third-order valence-corrected chi connectivity index (χ3v) is 3.94. The highest BCUT2D eigenvalue weighted by Crippen LogP contribution is 2.07. The Bertz CT molecular complexity index is 367. The largest absolute Gasteiger partial charge is 0.339 e. The zero-order valence-electron chi connectivity index (χ0n) is 14.8. The molecule has 22 heavy (non-hydrogen) atoms. The van der Waals surface area contributed by atoms with Crippen LogP contribution in [0.4, 0.5) is 4.79 Å². The maximum Gasteiger partial charge on any atom is 0.317 e. The van der Waals surface area contributed by atoms with E-state index in [1.165, 1.54) is 0 Å². The average Bonchev–Trinajstić information content (AvgIpc) is 2.46. The number of amides is 3. The minimum Gasteiger partial charge on any atom is -0.339 e. The second kappa shape index (κ2) is 8.36. The standard InChI is InChI=1S/C16H32N4O2/c1-6-18(7-2)9-8-14(21)19-10-12-20(13-11-19)15(22)17-16(3,4)5/h6-13H2,1-5H3,(H,17,22). The molecule has 128 valence electrons. The van der Waals surface area contributed by atoms with Crippen LogP contribution in [0.15, 0.2) is 0 Å². The van der Waals surface area contributed by atoms with Crippen LogP contribution in [0.1, 0.15) is 41.0 Å². The van der Waals surface area contributed by atoms with Crippen LogP contribution in [-0.4, -0.2) is 78.0 Å². The minimum absolute atomic E-state index is 0.0391. The van der Waals surface area contributed by atoms with E-state index in [0.29, 0.717) is 32.6 Å². The Kier molecular flexibility index (Phi) is 7.13. The van der Waals surface area contributed by atoms with Gasteiger partial charge in [0.05, 0.1) is 0 Å². The molecule has 6 nitrogen and oxygen atoms in total. The molecule has 0 atom stereocenters. The zero-order chi connectivity index (χ0) is 16.8. The lowest BCUT2D eigenvalue weighted by molar-refractivity contribution is -0.132. The summed E-state index contributed by atoms with van der Waals surface area (Å²) in [7, 11) is 0. The van der Waals surface area contributed by atoms with Crippen molar-refractivity contribution in [3.63, 3.8) is 0 Å². The molecular weight excluding hydrogens is 280 g/mol. The fourth-order valence-corrected chi connectivity index (χ4v) is 2.51. The van der Waals surface area contributed by atoms with Gasteiger partial charge < -0.3 is 20.0 Å². The molecule has 1 N–H and O–H groups in total. The molecule has 0 saturated carbocycles. The van der Waals surface area contributed by atoms with Crippen LogP contribution in [0.2, 0.25) is 0 Å². The van der Waals surface area contributed by atoms with Crippen molar-refractivity contribution in [2.24, 2.45) is 0 Å². The van der Waals surface area contributed by atoms with Crippen LogP contribution in [0.25, 0.3) is 0 Å². The van der Waals surface area contributed by atoms with Crippen molar-refractivity contribution in [2.45, 2.75) is 46.6 Å². The van der Waals surface area contributed by atoms with Crippen molar-refractivity contribution in [2.75, 3.05) is 45.8 Å². The number of piperazine rings is 1. The lowest BCUT2D eigenvalue weighted by Gasteiger charge is -2.36. The molecule has 1 fully saturated rings. The number of hydrogen-bond donors (Lipinski definition) is 1. The molecule has 1 heterocycles. The average molecular weight is 312 g/mol. The number of nitrogens with zero attached hydrogens (tertiary/aromatic N) is 3. The molecule has 1 saturated heterocycles. The van der Waals surface area contributed by atoms with E-state index in [2.05, 4.69) is 24.1 Å². The molecule has 0 unspecified atom stereocenters. The first-order chi connectivity index (χ1) is 10.3. The molecule has 0 bridgehead atoms. The maximum absolute atomic E-state index is 12.2. The highest BCUT2D eigenvalue weighted by Gasteiger charge is 2.26. The zero-order valence-corrected chi connectivity index (χ0v) is 14.8. The summed E-state index contributed by atoms with van der Waals surface area (Å²) < 4.78 is 0. The molecule has 0 radical (unpaired) electrons. The Morgan fingerprint density at radius 3 is 1.95 bits per heavy atom. The molecule has 1 aliphatic heterocycles. The van der Waals surface area contributed by atoms with E-state index < -0.39 is 0 Å². The van der Waals surface area contributed by atoms with Gasteiger partial charge in [-0.2, -0.15) is 0 Å². The topological polar surface area (TPSA) is 55.9 Å². The molecule has 0 aromatic heterocycles. The predicted molar refractivity (Wildman–Crippen MR) is 88.8 cm³/mol. The molecule has 3 amide bonds. The van der Waals surface area contributed by atoms with Gasteiger partial charge in [-0.15, -0.1) is 0 Å². The molecule has 0 spiro atoms. The summed E-state index contributed by atoms with van der Waals surface area (Å²) in [6.07, 6.45) is 0.565. The first-order valence-electron chi connectivity index (χ1n) is 8.34. The van der Waals surface area contributed by atoms with Crippen molar-refractivity contribution in [3.05, 3.63) is 0 Å². The molecule has 6 heteroatoms. The van der Waals surface area contributed by atoms with E-state index in [9.17, 15) is 9.59 Å². The van der Waals surface area contributed by atoms with E-state index in [-0.39, 0.29) is 17.5 Å². The van der Waals surface area contributed by atoms with Gasteiger partial charge in [0, 0.05) is 44.7 Å². The summed E-state index contributed by atoms with van der Waals surface area (Å²) in [5.74, 6) is 0.197. The highest BCUT2D eigenvalue weighted by molar-refractivity contribution is 5.78. The second-order valence-electron chi connectivity index (χ2n) is 6.82. The van der Waals surface area contributed by atoms with Gasteiger partial charge in [0.25, 0.3) is 0 Å². The Balaban J connectivity index is 2.35. The van der Waals surface area contributed by atoms with Gasteiger partial charge in [0.2, 0.25) is 5.91 Å². The molecule has 0 aromatic carbocycles. The third kappa shape index (κ3) is 6.22. The first kappa shape index (κ1) is 18.7. The van der Waals surface area contributed by atoms with E-state index in [0.717, 1.165) is 19.6 Å². The van der Waals surface area contributed by atoms with Crippen LogP contribution in [0.5, 0.6) is 0 Å². The second-order valence-corrected chi connectivity index (χ2v) is 6.82. The van der Waals surface area contributed by atoms with E-state index in [1.807, 2.05) is 25.7 Å². The summed E-state index contributed by atoms with van der Waals surface area (Å²) in [6.45, 7) is 15.4. The van der Waals surface area contributed by atoms with E-state index in [4.69, 9.17) is 0 Å². The Morgan fingerprint density at radius 1 is 1.00 bits per heavy atom. The summed E-state index contributed by atoms with van der Waals surface area (Å²) >= 11 is 0. The predicted octanol–water partition coefficient (Wildman–Crippen LogP) is 1.37.